The van der Waals surface area contributed by atoms with Crippen molar-refractivity contribution in [2.45, 2.75) is 18.1 Å². The molecule has 4 nitrogen and oxygen atoms in total. The van der Waals surface area contributed by atoms with Crippen molar-refractivity contribution in [1.29, 1.82) is 0 Å². The fraction of sp³-hybridized carbons (Fsp3) is 0.160. The van der Waals surface area contributed by atoms with Gasteiger partial charge in [-0.05, 0) is 41.0 Å². The van der Waals surface area contributed by atoms with Crippen LogP contribution in [0, 0.1) is 5.82 Å². The van der Waals surface area contributed by atoms with Crippen LogP contribution in [0.2, 0.25) is 0 Å². The first-order chi connectivity index (χ1) is 14.5. The van der Waals surface area contributed by atoms with Crippen molar-refractivity contribution in [3.63, 3.8) is 0 Å². The molecule has 3 heterocycles. The van der Waals surface area contributed by atoms with E-state index in [9.17, 15) is 4.39 Å². The van der Waals surface area contributed by atoms with Gasteiger partial charge in [0.05, 0.1) is 18.1 Å². The largest absolute Gasteiger partial charge is 0.368 e. The molecule has 2 atom stereocenters. The molecule has 0 saturated carbocycles. The van der Waals surface area contributed by atoms with Crippen molar-refractivity contribution < 1.29 is 4.39 Å². The summed E-state index contributed by atoms with van der Waals surface area (Å²) in [6.45, 7) is 5.52. The molecule has 1 unspecified atom stereocenters. The Bertz CT molecular complexity index is 1140. The van der Waals surface area contributed by atoms with Gasteiger partial charge in [0.15, 0.2) is 0 Å². The molecule has 150 valence electrons. The maximum atomic E-state index is 13.5. The third-order valence-electron chi connectivity index (χ3n) is 6.06. The molecule has 2 aliphatic heterocycles. The number of halogens is 1. The summed E-state index contributed by atoms with van der Waals surface area (Å²) in [5.74, 6) is 0.610. The van der Waals surface area contributed by atoms with Gasteiger partial charge in [0.25, 0.3) is 0 Å². The zero-order valence-electron chi connectivity index (χ0n) is 16.6. The molecule has 0 bridgehead atoms. The number of hydrogen-bond donors (Lipinski definition) is 2. The molecule has 1 saturated heterocycles. The summed E-state index contributed by atoms with van der Waals surface area (Å²) < 4.78 is 13.5. The Balaban J connectivity index is 1.46. The van der Waals surface area contributed by atoms with E-state index >= 15 is 0 Å². The molecular weight excluding hydrogens is 375 g/mol. The van der Waals surface area contributed by atoms with E-state index in [1.54, 1.807) is 12.3 Å². The molecule has 0 radical (unpaired) electrons. The normalized spacial score (nSPS) is 22.7. The molecule has 1 fully saturated rings. The number of benzene rings is 2. The molecule has 2 aromatic carbocycles. The summed E-state index contributed by atoms with van der Waals surface area (Å²) in [4.78, 5) is 6.71. The molecule has 0 amide bonds. The fourth-order valence-corrected chi connectivity index (χ4v) is 4.44. The van der Waals surface area contributed by atoms with E-state index in [-0.39, 0.29) is 11.7 Å². The minimum atomic E-state index is -0.566. The Morgan fingerprint density at radius 2 is 2.00 bits per heavy atom. The van der Waals surface area contributed by atoms with Crippen LogP contribution in [-0.4, -0.2) is 22.1 Å². The van der Waals surface area contributed by atoms with Crippen molar-refractivity contribution in [2.24, 2.45) is 5.73 Å². The maximum Gasteiger partial charge on any atom is 0.123 e. The average molecular weight is 398 g/mol. The second kappa shape index (κ2) is 7.11. The van der Waals surface area contributed by atoms with Gasteiger partial charge in [-0.1, -0.05) is 55.1 Å². The van der Waals surface area contributed by atoms with Crippen LogP contribution in [0.15, 0.2) is 85.3 Å². The maximum absolute atomic E-state index is 13.5. The minimum Gasteiger partial charge on any atom is -0.368 e. The highest BCUT2D eigenvalue weighted by Crippen LogP contribution is 2.42. The van der Waals surface area contributed by atoms with E-state index in [4.69, 9.17) is 5.73 Å². The Kier molecular flexibility index (Phi) is 4.40. The van der Waals surface area contributed by atoms with E-state index in [0.717, 1.165) is 29.2 Å². The standard InChI is InChI=1S/C25H23FN4/c1-17-29-16-25(27)24(23-8-3-2-5-20(23)15-30(17)25)12-11-22-10-9-19(14-28-22)18-6-4-7-21(26)13-18/h2-14,24,29H,1,15-16,27H2/b12-11+/t24?,25-/m1/s1. The van der Waals surface area contributed by atoms with Crippen molar-refractivity contribution in [3.8, 4) is 11.1 Å². The molecule has 30 heavy (non-hydrogen) atoms. The number of nitrogens with zero attached hydrogens (tertiary/aromatic N) is 2. The molecular formula is C25H23FN4. The SMILES string of the molecule is C=C1NC[C@]2(N)C(/C=C/c3ccc(-c4cccc(F)c4)cn3)c3ccccc3CN12. The Morgan fingerprint density at radius 1 is 1.13 bits per heavy atom. The van der Waals surface area contributed by atoms with Crippen molar-refractivity contribution >= 4 is 6.08 Å². The van der Waals surface area contributed by atoms with E-state index in [0.29, 0.717) is 6.54 Å². The van der Waals surface area contributed by atoms with E-state index in [2.05, 4.69) is 52.1 Å². The molecule has 2 aliphatic rings. The van der Waals surface area contributed by atoms with Crippen molar-refractivity contribution in [3.05, 3.63) is 108 Å². The number of rotatable bonds is 3. The predicted molar refractivity (Wildman–Crippen MR) is 117 cm³/mol. The topological polar surface area (TPSA) is 54.2 Å². The third kappa shape index (κ3) is 3.08. The van der Waals surface area contributed by atoms with Gasteiger partial charge in [-0.15, -0.1) is 0 Å². The molecule has 5 heteroatoms. The number of hydrogen-bond acceptors (Lipinski definition) is 4. The monoisotopic (exact) mass is 398 g/mol. The third-order valence-corrected chi connectivity index (χ3v) is 6.06. The van der Waals surface area contributed by atoms with Crippen molar-refractivity contribution in [2.75, 3.05) is 6.54 Å². The van der Waals surface area contributed by atoms with Crippen LogP contribution < -0.4 is 11.1 Å². The van der Waals surface area contributed by atoms with Crippen LogP contribution in [-0.2, 0) is 6.54 Å². The van der Waals surface area contributed by atoms with Gasteiger partial charge in [-0.3, -0.25) is 4.98 Å². The van der Waals surface area contributed by atoms with Crippen LogP contribution in [0.4, 0.5) is 4.39 Å². The highest BCUT2D eigenvalue weighted by atomic mass is 19.1. The second-order valence-electron chi connectivity index (χ2n) is 7.90. The van der Waals surface area contributed by atoms with Gasteiger partial charge in [0.1, 0.15) is 11.5 Å². The highest BCUT2D eigenvalue weighted by molar-refractivity contribution is 5.63. The Hall–Kier alpha value is -3.44. The number of fused-ring (bicyclic) bond motifs is 2. The molecule has 0 aliphatic carbocycles. The van der Waals surface area contributed by atoms with Crippen LogP contribution >= 0.6 is 0 Å². The molecule has 5 rings (SSSR count). The van der Waals surface area contributed by atoms with Gasteiger partial charge < -0.3 is 16.0 Å². The lowest BCUT2D eigenvalue weighted by Gasteiger charge is -2.45. The summed E-state index contributed by atoms with van der Waals surface area (Å²) in [5.41, 5.74) is 11.3. The summed E-state index contributed by atoms with van der Waals surface area (Å²) in [5, 5.41) is 3.32. The van der Waals surface area contributed by atoms with Gasteiger partial charge >= 0.3 is 0 Å². The van der Waals surface area contributed by atoms with Gasteiger partial charge in [-0.2, -0.15) is 0 Å². The van der Waals surface area contributed by atoms with E-state index in [1.807, 2.05) is 24.3 Å². The van der Waals surface area contributed by atoms with Crippen LogP contribution in [0.25, 0.3) is 17.2 Å². The number of pyridine rings is 1. The van der Waals surface area contributed by atoms with E-state index in [1.165, 1.54) is 23.3 Å². The molecule has 1 aromatic heterocycles. The number of nitrogens with two attached hydrogens (primary N) is 1. The smallest absolute Gasteiger partial charge is 0.123 e. The van der Waals surface area contributed by atoms with Crippen LogP contribution in [0.3, 0.4) is 0 Å². The van der Waals surface area contributed by atoms with Gasteiger partial charge in [0.2, 0.25) is 0 Å². The van der Waals surface area contributed by atoms with Crippen LogP contribution in [0.5, 0.6) is 0 Å². The summed E-state index contributed by atoms with van der Waals surface area (Å²) in [7, 11) is 0. The van der Waals surface area contributed by atoms with Gasteiger partial charge in [-0.25, -0.2) is 4.39 Å². The lowest BCUT2D eigenvalue weighted by Crippen LogP contribution is -2.59. The predicted octanol–water partition coefficient (Wildman–Crippen LogP) is 4.23. The summed E-state index contributed by atoms with van der Waals surface area (Å²) >= 11 is 0. The molecule has 0 spiro atoms. The Labute approximate surface area is 175 Å². The average Bonchev–Trinajstić information content (AvgIpc) is 3.06. The highest BCUT2D eigenvalue weighted by Gasteiger charge is 2.48. The van der Waals surface area contributed by atoms with Gasteiger partial charge in [0, 0.05) is 24.2 Å². The Morgan fingerprint density at radius 3 is 2.80 bits per heavy atom. The quantitative estimate of drug-likeness (QED) is 0.693. The number of nitrogens with one attached hydrogen (secondary N) is 1. The lowest BCUT2D eigenvalue weighted by molar-refractivity contribution is 0.140. The van der Waals surface area contributed by atoms with E-state index < -0.39 is 5.66 Å². The first kappa shape index (κ1) is 18.6. The first-order valence-electron chi connectivity index (χ1n) is 10.0. The molecule has 3 aromatic rings. The van der Waals surface area contributed by atoms with Crippen molar-refractivity contribution in [1.82, 2.24) is 15.2 Å². The fourth-order valence-electron chi connectivity index (χ4n) is 4.44. The minimum absolute atomic E-state index is 0.00102. The summed E-state index contributed by atoms with van der Waals surface area (Å²) in [6.07, 6.45) is 5.91. The lowest BCUT2D eigenvalue weighted by atomic mass is 9.79. The summed E-state index contributed by atoms with van der Waals surface area (Å²) in [6, 6.07) is 18.8. The molecule has 3 N–H and O–H groups in total. The zero-order chi connectivity index (χ0) is 20.7. The number of aromatic nitrogens is 1. The van der Waals surface area contributed by atoms with Crippen LogP contribution in [0.1, 0.15) is 22.7 Å². The second-order valence-corrected chi connectivity index (χ2v) is 7.90. The first-order valence-corrected chi connectivity index (χ1v) is 10.0. The zero-order valence-corrected chi connectivity index (χ0v) is 16.6.